The molecule has 7 atom stereocenters. The Morgan fingerprint density at radius 1 is 0.984 bits per heavy atom. The first-order valence-corrected chi connectivity index (χ1v) is 24.0. The molecule has 2 aromatic rings. The van der Waals surface area contributed by atoms with Crippen molar-refractivity contribution in [1.82, 2.24) is 30.2 Å². The number of aliphatic hydroxyl groups excluding tert-OH is 3. The van der Waals surface area contributed by atoms with Crippen molar-refractivity contribution in [2.45, 2.75) is 89.4 Å². The van der Waals surface area contributed by atoms with Crippen molar-refractivity contribution in [3.05, 3.63) is 24.5 Å². The van der Waals surface area contributed by atoms with Gasteiger partial charge in [0.2, 0.25) is 11.8 Å². The lowest BCUT2D eigenvalue weighted by molar-refractivity contribution is -0.137. The van der Waals surface area contributed by atoms with Crippen LogP contribution in [0.25, 0.3) is 11.2 Å². The molecule has 1 saturated heterocycles. The second-order valence-corrected chi connectivity index (χ2v) is 19.5. The topological polar surface area (TPSA) is 421 Å². The minimum absolute atomic E-state index is 0.0193. The van der Waals surface area contributed by atoms with Gasteiger partial charge in [-0.1, -0.05) is 25.6 Å². The first-order valence-electron chi connectivity index (χ1n) is 18.4. The van der Waals surface area contributed by atoms with Crippen LogP contribution in [0.2, 0.25) is 0 Å². The van der Waals surface area contributed by atoms with Crippen molar-refractivity contribution in [2.24, 2.45) is 5.41 Å². The maximum absolute atomic E-state index is 12.7. The minimum Gasteiger partial charge on any atom is -0.513 e. The maximum atomic E-state index is 12.7. The third-order valence-corrected chi connectivity index (χ3v) is 12.6. The summed E-state index contributed by atoms with van der Waals surface area (Å²) in [5.74, 6) is -2.18. The summed E-state index contributed by atoms with van der Waals surface area (Å²) in [4.78, 5) is 98.3. The number of nitrogen functional groups attached to an aromatic ring is 1. The number of amides is 2. The van der Waals surface area contributed by atoms with Gasteiger partial charge in [0.15, 0.2) is 22.8 Å². The number of aliphatic carboxylic acids is 1. The van der Waals surface area contributed by atoms with E-state index >= 15 is 0 Å². The second kappa shape index (κ2) is 23.5. The van der Waals surface area contributed by atoms with Gasteiger partial charge in [0.05, 0.1) is 25.3 Å². The van der Waals surface area contributed by atoms with Gasteiger partial charge in [-0.05, 0) is 25.3 Å². The molecule has 1 aliphatic rings. The van der Waals surface area contributed by atoms with Gasteiger partial charge in [-0.3, -0.25) is 37.3 Å². The molecule has 31 heteroatoms. The van der Waals surface area contributed by atoms with E-state index < -0.39 is 90.5 Å². The molecule has 1 aliphatic heterocycles. The SMILES string of the molecule is CC(C)(COP(=O)(O)OP(=O)(O)OCC1OC(n2cnc3c(N)ncnc32)C(O)C1OP(=O)(O)O)C(O)C(=O)NCCC(=O)NCCSC(=O)CCCC/C(O)=C/CCC(=O)O. The number of nitrogens with two attached hydrogens (primary N) is 1. The van der Waals surface area contributed by atoms with Crippen molar-refractivity contribution in [3.63, 3.8) is 0 Å². The number of rotatable bonds is 27. The van der Waals surface area contributed by atoms with Crippen molar-refractivity contribution in [3.8, 4) is 0 Å². The number of allylic oxidation sites excluding steroid dienone is 2. The number of fused-ring (bicyclic) bond motifs is 1. The van der Waals surface area contributed by atoms with E-state index in [2.05, 4.69) is 34.4 Å². The predicted octanol–water partition coefficient (Wildman–Crippen LogP) is 0.532. The Bertz CT molecular complexity index is 2050. The van der Waals surface area contributed by atoms with Crippen molar-refractivity contribution >= 4 is 75.1 Å². The molecule has 0 saturated carbocycles. The Balaban J connectivity index is 1.39. The van der Waals surface area contributed by atoms with Gasteiger partial charge in [-0.2, -0.15) is 4.31 Å². The number of phosphoric acid groups is 3. The van der Waals surface area contributed by atoms with Crippen LogP contribution in [0.5, 0.6) is 0 Å². The number of aliphatic hydroxyl groups is 3. The fourth-order valence-electron chi connectivity index (χ4n) is 5.41. The number of nitrogens with zero attached hydrogens (tertiary/aromatic N) is 4. The van der Waals surface area contributed by atoms with E-state index in [1.165, 1.54) is 19.9 Å². The highest BCUT2D eigenvalue weighted by atomic mass is 32.2. The van der Waals surface area contributed by atoms with E-state index in [-0.39, 0.29) is 72.4 Å². The molecule has 0 radical (unpaired) electrons. The normalized spacial score (nSPS) is 20.9. The number of imidazole rings is 1. The van der Waals surface area contributed by atoms with Gasteiger partial charge < -0.3 is 61.1 Å². The van der Waals surface area contributed by atoms with E-state index in [0.717, 1.165) is 29.0 Å². The number of ether oxygens (including phenoxy) is 1. The number of phosphoric ester groups is 3. The summed E-state index contributed by atoms with van der Waals surface area (Å²) in [5, 5.41) is 44.6. The number of anilines is 1. The molecule has 350 valence electrons. The first kappa shape index (κ1) is 52.9. The Morgan fingerprint density at radius 3 is 2.34 bits per heavy atom. The standard InChI is InChI=1S/C31H50N7O20P3S/c1-31(2,26(45)29(46)34-11-10-20(40)33-12-13-62-22(43)9-4-3-6-18(39)7-5-8-21(41)42)15-55-61(52,53)58-60(50,51)54-14-19-25(57-59(47,48)49)24(44)30(56-19)38-17-37-23-27(32)35-16-36-28(23)38/h7,16-17,19,24-26,30,39,44-45H,3-6,8-15H2,1-2H3,(H,33,40)(H,34,46)(H,41,42)(H,50,51)(H,52,53)(H2,32,35,36)(H2,47,48,49)/b18-7-. The van der Waals surface area contributed by atoms with Gasteiger partial charge in [-0.25, -0.2) is 28.6 Å². The van der Waals surface area contributed by atoms with E-state index in [9.17, 15) is 67.8 Å². The average molecular weight is 966 g/mol. The third-order valence-electron chi connectivity index (χ3n) is 8.57. The molecular formula is C31H50N7O20P3S. The van der Waals surface area contributed by atoms with Crippen LogP contribution in [-0.4, -0.2) is 139 Å². The molecule has 0 aromatic carbocycles. The highest BCUT2D eigenvalue weighted by Gasteiger charge is 2.50. The molecule has 27 nitrogen and oxygen atoms in total. The average Bonchev–Trinajstić information content (AvgIpc) is 3.73. The summed E-state index contributed by atoms with van der Waals surface area (Å²) in [5.41, 5.74) is 4.21. The molecule has 0 bridgehead atoms. The van der Waals surface area contributed by atoms with Crippen LogP contribution in [0.1, 0.15) is 65.0 Å². The smallest absolute Gasteiger partial charge is 0.481 e. The molecule has 12 N–H and O–H groups in total. The minimum atomic E-state index is -5.59. The van der Waals surface area contributed by atoms with Crippen LogP contribution < -0.4 is 16.4 Å². The summed E-state index contributed by atoms with van der Waals surface area (Å²) < 4.78 is 62.1. The Morgan fingerprint density at radius 2 is 1.66 bits per heavy atom. The van der Waals surface area contributed by atoms with E-state index in [1.807, 2.05) is 0 Å². The Kier molecular flexibility index (Phi) is 20.0. The number of hydrogen-bond donors (Lipinski definition) is 11. The molecule has 3 heterocycles. The number of unbranched alkanes of at least 4 members (excludes halogenated alkanes) is 1. The van der Waals surface area contributed by atoms with Crippen LogP contribution in [0.3, 0.4) is 0 Å². The molecular weight excluding hydrogens is 915 g/mol. The zero-order valence-electron chi connectivity index (χ0n) is 33.2. The van der Waals surface area contributed by atoms with E-state index in [1.54, 1.807) is 0 Å². The first-order chi connectivity index (χ1) is 28.8. The van der Waals surface area contributed by atoms with Gasteiger partial charge in [0, 0.05) is 49.9 Å². The fourth-order valence-corrected chi connectivity index (χ4v) is 8.96. The number of nitrogens with one attached hydrogen (secondary N) is 2. The monoisotopic (exact) mass is 965 g/mol. The molecule has 1 fully saturated rings. The largest absolute Gasteiger partial charge is 0.513 e. The number of carbonyl (C=O) groups is 4. The van der Waals surface area contributed by atoms with Gasteiger partial charge in [0.25, 0.3) is 0 Å². The summed E-state index contributed by atoms with van der Waals surface area (Å²) >= 11 is 1.00. The molecule has 62 heavy (non-hydrogen) atoms. The molecule has 3 rings (SSSR count). The Labute approximate surface area is 357 Å². The van der Waals surface area contributed by atoms with Crippen LogP contribution in [0, 0.1) is 5.41 Å². The molecule has 0 aliphatic carbocycles. The summed E-state index contributed by atoms with van der Waals surface area (Å²) in [7, 11) is -16.5. The van der Waals surface area contributed by atoms with Gasteiger partial charge in [-0.15, -0.1) is 0 Å². The summed E-state index contributed by atoms with van der Waals surface area (Å²) in [6.07, 6.45) is -3.93. The van der Waals surface area contributed by atoms with Crippen LogP contribution >= 0.6 is 35.2 Å². The molecule has 2 aromatic heterocycles. The quantitative estimate of drug-likeness (QED) is 0.0330. The van der Waals surface area contributed by atoms with Crippen LogP contribution in [0.4, 0.5) is 5.82 Å². The number of hydrogen-bond acceptors (Lipinski definition) is 20. The second-order valence-electron chi connectivity index (χ2n) is 14.1. The molecule has 7 unspecified atom stereocenters. The molecule has 2 amide bonds. The predicted molar refractivity (Wildman–Crippen MR) is 213 cm³/mol. The van der Waals surface area contributed by atoms with Crippen LogP contribution in [0.15, 0.2) is 24.5 Å². The maximum Gasteiger partial charge on any atom is 0.481 e. The van der Waals surface area contributed by atoms with Crippen molar-refractivity contribution in [1.29, 1.82) is 0 Å². The summed E-state index contributed by atoms with van der Waals surface area (Å²) in [6, 6.07) is 0. The van der Waals surface area contributed by atoms with Gasteiger partial charge >= 0.3 is 29.4 Å². The third kappa shape index (κ3) is 17.6. The summed E-state index contributed by atoms with van der Waals surface area (Å²) in [6.45, 7) is 0.301. The van der Waals surface area contributed by atoms with E-state index in [0.29, 0.717) is 19.3 Å². The fraction of sp³-hybridized carbons (Fsp3) is 0.645. The van der Waals surface area contributed by atoms with Gasteiger partial charge in [0.1, 0.15) is 36.3 Å². The molecule has 0 spiro atoms. The highest BCUT2D eigenvalue weighted by Crippen LogP contribution is 2.61. The number of thioether (sulfide) groups is 1. The number of carboxylic acid groups (broad SMARTS) is 1. The Hall–Kier alpha value is -3.43. The number of carbonyl (C=O) groups excluding carboxylic acids is 3. The van der Waals surface area contributed by atoms with Crippen LogP contribution in [-0.2, 0) is 55.5 Å². The lowest BCUT2D eigenvalue weighted by atomic mass is 9.87. The zero-order chi connectivity index (χ0) is 46.5. The number of carboxylic acids is 1. The number of aromatic nitrogens is 4. The lowest BCUT2D eigenvalue weighted by Crippen LogP contribution is -2.46. The lowest BCUT2D eigenvalue weighted by Gasteiger charge is -2.30. The zero-order valence-corrected chi connectivity index (χ0v) is 36.7. The van der Waals surface area contributed by atoms with E-state index in [4.69, 9.17) is 24.6 Å². The van der Waals surface area contributed by atoms with Crippen molar-refractivity contribution < 1.29 is 95.5 Å². The highest BCUT2D eigenvalue weighted by molar-refractivity contribution is 8.13. The van der Waals surface area contributed by atoms with Crippen molar-refractivity contribution in [2.75, 3.05) is 37.8 Å².